The van der Waals surface area contributed by atoms with Gasteiger partial charge in [0.2, 0.25) is 0 Å². The molecule has 0 atom stereocenters. The number of carbonyl (C=O) groups excluding carboxylic acids is 1. The number of piperidine rings is 1. The van der Waals surface area contributed by atoms with Gasteiger partial charge in [-0.3, -0.25) is 4.79 Å². The van der Waals surface area contributed by atoms with Crippen molar-refractivity contribution in [3.63, 3.8) is 0 Å². The molecule has 3 aromatic rings. The van der Waals surface area contributed by atoms with Gasteiger partial charge in [-0.05, 0) is 43.7 Å². The van der Waals surface area contributed by atoms with E-state index in [0.717, 1.165) is 53.7 Å². The average Bonchev–Trinajstić information content (AvgIpc) is 3.21. The molecule has 0 saturated carbocycles. The van der Waals surface area contributed by atoms with E-state index >= 15 is 0 Å². The Kier molecular flexibility index (Phi) is 5.52. The third kappa shape index (κ3) is 3.97. The number of aromatic nitrogens is 1. The SMILES string of the molecule is C=C(N/C=C\C)C1CCN(C(=O)c2ccc3c(-c4ccccc4)c[nH]c3c2)CC1. The Balaban J connectivity index is 1.46. The fourth-order valence-electron chi connectivity index (χ4n) is 4.04. The second-order valence-corrected chi connectivity index (χ2v) is 7.56. The Morgan fingerprint density at radius 2 is 1.93 bits per heavy atom. The Hall–Kier alpha value is -3.27. The second-order valence-electron chi connectivity index (χ2n) is 7.56. The van der Waals surface area contributed by atoms with E-state index in [4.69, 9.17) is 0 Å². The zero-order chi connectivity index (χ0) is 20.2. The Labute approximate surface area is 171 Å². The summed E-state index contributed by atoms with van der Waals surface area (Å²) in [5.41, 5.74) is 5.10. The predicted octanol–water partition coefficient (Wildman–Crippen LogP) is 5.32. The lowest BCUT2D eigenvalue weighted by Crippen LogP contribution is -2.39. The van der Waals surface area contributed by atoms with Gasteiger partial charge >= 0.3 is 0 Å². The molecule has 4 nitrogen and oxygen atoms in total. The minimum absolute atomic E-state index is 0.105. The van der Waals surface area contributed by atoms with Gasteiger partial charge in [0, 0.05) is 52.9 Å². The van der Waals surface area contributed by atoms with E-state index in [1.54, 1.807) is 0 Å². The van der Waals surface area contributed by atoms with Crippen LogP contribution >= 0.6 is 0 Å². The third-order valence-corrected chi connectivity index (χ3v) is 5.72. The molecule has 1 aliphatic heterocycles. The summed E-state index contributed by atoms with van der Waals surface area (Å²) in [4.78, 5) is 18.3. The summed E-state index contributed by atoms with van der Waals surface area (Å²) < 4.78 is 0. The van der Waals surface area contributed by atoms with Gasteiger partial charge < -0.3 is 15.2 Å². The fraction of sp³-hybridized carbons (Fsp3) is 0.240. The number of rotatable bonds is 5. The first-order valence-corrected chi connectivity index (χ1v) is 10.2. The highest BCUT2D eigenvalue weighted by Gasteiger charge is 2.25. The van der Waals surface area contributed by atoms with Gasteiger partial charge in [-0.25, -0.2) is 0 Å². The van der Waals surface area contributed by atoms with Crippen LogP contribution in [0.25, 0.3) is 22.0 Å². The molecule has 0 radical (unpaired) electrons. The van der Waals surface area contributed by atoms with Crippen LogP contribution < -0.4 is 5.32 Å². The number of H-pyrrole nitrogens is 1. The molecule has 1 aliphatic rings. The number of benzene rings is 2. The number of amides is 1. The number of nitrogens with one attached hydrogen (secondary N) is 2. The van der Waals surface area contributed by atoms with Crippen LogP contribution in [0.15, 0.2) is 79.3 Å². The number of allylic oxidation sites excluding steroid dienone is 2. The van der Waals surface area contributed by atoms with E-state index in [9.17, 15) is 4.79 Å². The van der Waals surface area contributed by atoms with Crippen LogP contribution in [0.5, 0.6) is 0 Å². The first-order valence-electron chi connectivity index (χ1n) is 10.2. The molecule has 1 saturated heterocycles. The lowest BCUT2D eigenvalue weighted by Gasteiger charge is -2.33. The molecule has 1 fully saturated rings. The zero-order valence-electron chi connectivity index (χ0n) is 16.8. The average molecular weight is 386 g/mol. The number of aromatic amines is 1. The lowest BCUT2D eigenvalue weighted by atomic mass is 9.93. The van der Waals surface area contributed by atoms with E-state index in [2.05, 4.69) is 35.1 Å². The monoisotopic (exact) mass is 385 g/mol. The van der Waals surface area contributed by atoms with Gasteiger partial charge in [0.1, 0.15) is 0 Å². The Bertz CT molecular complexity index is 1040. The van der Waals surface area contributed by atoms with Crippen molar-refractivity contribution in [3.05, 3.63) is 84.8 Å². The topological polar surface area (TPSA) is 48.1 Å². The van der Waals surface area contributed by atoms with E-state index in [-0.39, 0.29) is 5.91 Å². The van der Waals surface area contributed by atoms with Crippen molar-refractivity contribution in [1.82, 2.24) is 15.2 Å². The number of hydrogen-bond donors (Lipinski definition) is 2. The van der Waals surface area contributed by atoms with E-state index in [1.165, 1.54) is 5.56 Å². The summed E-state index contributed by atoms with van der Waals surface area (Å²) in [6, 6.07) is 16.3. The maximum Gasteiger partial charge on any atom is 0.253 e. The molecule has 1 amide bonds. The van der Waals surface area contributed by atoms with Gasteiger partial charge in [-0.15, -0.1) is 0 Å². The molecular formula is C25H27N3O. The van der Waals surface area contributed by atoms with Gasteiger partial charge in [-0.1, -0.05) is 49.1 Å². The Morgan fingerprint density at radius 3 is 2.66 bits per heavy atom. The summed E-state index contributed by atoms with van der Waals surface area (Å²) in [6.07, 6.45) is 7.78. The standard InChI is InChI=1S/C25H27N3O/c1-3-13-26-18(2)19-11-14-28(15-12-19)25(29)21-9-10-22-23(17-27-24(22)16-21)20-7-5-4-6-8-20/h3-10,13,16-17,19,26-27H,2,11-12,14-15H2,1H3/b13-3-. The quantitative estimate of drug-likeness (QED) is 0.624. The molecule has 4 heteroatoms. The molecule has 29 heavy (non-hydrogen) atoms. The molecular weight excluding hydrogens is 358 g/mol. The smallest absolute Gasteiger partial charge is 0.253 e. The fourth-order valence-corrected chi connectivity index (χ4v) is 4.04. The minimum atomic E-state index is 0.105. The van der Waals surface area contributed by atoms with Crippen molar-refractivity contribution in [1.29, 1.82) is 0 Å². The van der Waals surface area contributed by atoms with Crippen molar-refractivity contribution < 1.29 is 4.79 Å². The highest BCUT2D eigenvalue weighted by atomic mass is 16.2. The van der Waals surface area contributed by atoms with Crippen LogP contribution in [0, 0.1) is 5.92 Å². The van der Waals surface area contributed by atoms with E-state index in [0.29, 0.717) is 5.92 Å². The molecule has 1 aromatic heterocycles. The van der Waals surface area contributed by atoms with Crippen LogP contribution in [0.4, 0.5) is 0 Å². The zero-order valence-corrected chi connectivity index (χ0v) is 16.8. The molecule has 4 rings (SSSR count). The molecule has 0 bridgehead atoms. The largest absolute Gasteiger partial charge is 0.366 e. The Morgan fingerprint density at radius 1 is 1.17 bits per heavy atom. The van der Waals surface area contributed by atoms with Crippen molar-refractivity contribution in [2.75, 3.05) is 13.1 Å². The summed E-state index contributed by atoms with van der Waals surface area (Å²) in [5, 5.41) is 4.37. The van der Waals surface area contributed by atoms with Crippen LogP contribution in [-0.2, 0) is 0 Å². The number of fused-ring (bicyclic) bond motifs is 1. The van der Waals surface area contributed by atoms with Gasteiger partial charge in [0.05, 0.1) is 0 Å². The van der Waals surface area contributed by atoms with Gasteiger partial charge in [-0.2, -0.15) is 0 Å². The van der Waals surface area contributed by atoms with E-state index in [1.807, 2.05) is 60.6 Å². The minimum Gasteiger partial charge on any atom is -0.366 e. The van der Waals surface area contributed by atoms with Crippen LogP contribution in [0.2, 0.25) is 0 Å². The predicted molar refractivity (Wildman–Crippen MR) is 119 cm³/mol. The van der Waals surface area contributed by atoms with E-state index < -0.39 is 0 Å². The molecule has 0 aliphatic carbocycles. The highest BCUT2D eigenvalue weighted by Crippen LogP contribution is 2.30. The van der Waals surface area contributed by atoms with Gasteiger partial charge in [0.15, 0.2) is 0 Å². The number of nitrogens with zero attached hydrogens (tertiary/aromatic N) is 1. The number of hydrogen-bond acceptors (Lipinski definition) is 2. The van der Waals surface area contributed by atoms with Gasteiger partial charge in [0.25, 0.3) is 5.91 Å². The van der Waals surface area contributed by atoms with Crippen molar-refractivity contribution in [2.45, 2.75) is 19.8 Å². The molecule has 2 heterocycles. The summed E-state index contributed by atoms with van der Waals surface area (Å²) in [7, 11) is 0. The van der Waals surface area contributed by atoms with Crippen LogP contribution in [-0.4, -0.2) is 28.9 Å². The maximum atomic E-state index is 13.0. The molecule has 2 aromatic carbocycles. The van der Waals surface area contributed by atoms with Crippen molar-refractivity contribution >= 4 is 16.8 Å². The number of likely N-dealkylation sites (tertiary alicyclic amines) is 1. The lowest BCUT2D eigenvalue weighted by molar-refractivity contribution is 0.0701. The normalized spacial score (nSPS) is 15.1. The first-order chi connectivity index (χ1) is 14.2. The van der Waals surface area contributed by atoms with Crippen molar-refractivity contribution in [2.24, 2.45) is 5.92 Å². The highest BCUT2D eigenvalue weighted by molar-refractivity contribution is 6.02. The summed E-state index contributed by atoms with van der Waals surface area (Å²) in [6.45, 7) is 7.64. The molecule has 148 valence electrons. The number of carbonyl (C=O) groups is 1. The first kappa shape index (κ1) is 19.1. The second kappa shape index (κ2) is 8.39. The maximum absolute atomic E-state index is 13.0. The molecule has 0 unspecified atom stereocenters. The molecule has 2 N–H and O–H groups in total. The third-order valence-electron chi connectivity index (χ3n) is 5.72. The molecule has 0 spiro atoms. The van der Waals surface area contributed by atoms with Crippen LogP contribution in [0.3, 0.4) is 0 Å². The summed E-state index contributed by atoms with van der Waals surface area (Å²) >= 11 is 0. The summed E-state index contributed by atoms with van der Waals surface area (Å²) in [5.74, 6) is 0.516. The van der Waals surface area contributed by atoms with Crippen LogP contribution in [0.1, 0.15) is 30.1 Å². The van der Waals surface area contributed by atoms with Crippen molar-refractivity contribution in [3.8, 4) is 11.1 Å².